The molecule has 0 fully saturated rings. The van der Waals surface area contributed by atoms with Crippen molar-refractivity contribution < 1.29 is 0 Å². The van der Waals surface area contributed by atoms with Crippen LogP contribution in [-0.2, 0) is 6.42 Å². The van der Waals surface area contributed by atoms with E-state index in [2.05, 4.69) is 16.9 Å². The molecule has 0 atom stereocenters. The third-order valence-corrected chi connectivity index (χ3v) is 2.29. The van der Waals surface area contributed by atoms with Gasteiger partial charge in [-0.2, -0.15) is 0 Å². The van der Waals surface area contributed by atoms with Gasteiger partial charge in [0.1, 0.15) is 0 Å². The van der Waals surface area contributed by atoms with E-state index >= 15 is 0 Å². The molecule has 1 N–H and O–H groups in total. The van der Waals surface area contributed by atoms with Gasteiger partial charge in [-0.25, -0.2) is 0 Å². The van der Waals surface area contributed by atoms with Crippen LogP contribution < -0.4 is 0 Å². The van der Waals surface area contributed by atoms with Crippen molar-refractivity contribution in [3.05, 3.63) is 29.2 Å². The monoisotopic (exact) mass is 180 g/mol. The molecule has 0 bridgehead atoms. The third kappa shape index (κ3) is 0.994. The van der Waals surface area contributed by atoms with E-state index < -0.39 is 0 Å². The van der Waals surface area contributed by atoms with Crippen molar-refractivity contribution >= 4 is 22.5 Å². The Morgan fingerprint density at radius 3 is 3.08 bits per heavy atom. The summed E-state index contributed by atoms with van der Waals surface area (Å²) in [6, 6.07) is 0. The van der Waals surface area contributed by atoms with E-state index in [0.717, 1.165) is 22.3 Å². The Bertz CT molecular complexity index is 406. The summed E-state index contributed by atoms with van der Waals surface area (Å²) in [6.07, 6.45) is 6.44. The fourth-order valence-electron chi connectivity index (χ4n) is 1.39. The largest absolute Gasteiger partial charge is 0.360 e. The molecule has 0 aliphatic carbocycles. The van der Waals surface area contributed by atoms with Crippen molar-refractivity contribution in [2.24, 2.45) is 0 Å². The number of pyridine rings is 1. The van der Waals surface area contributed by atoms with Gasteiger partial charge in [0.2, 0.25) is 0 Å². The molecule has 0 spiro atoms. The minimum atomic E-state index is 0.727. The lowest BCUT2D eigenvalue weighted by molar-refractivity contribution is 1.15. The molecule has 3 heteroatoms. The van der Waals surface area contributed by atoms with Crippen LogP contribution in [0.3, 0.4) is 0 Å². The first kappa shape index (κ1) is 7.62. The Hall–Kier alpha value is -1.02. The van der Waals surface area contributed by atoms with E-state index in [-0.39, 0.29) is 0 Å². The van der Waals surface area contributed by atoms with E-state index in [1.54, 1.807) is 12.4 Å². The van der Waals surface area contributed by atoms with Crippen LogP contribution in [0.2, 0.25) is 5.02 Å². The lowest BCUT2D eigenvalue weighted by atomic mass is 10.2. The molecule has 0 aliphatic heterocycles. The normalized spacial score (nSPS) is 10.8. The maximum absolute atomic E-state index is 6.00. The molecule has 2 nitrogen and oxygen atoms in total. The second-order valence-electron chi connectivity index (χ2n) is 2.71. The highest BCUT2D eigenvalue weighted by Crippen LogP contribution is 2.25. The summed E-state index contributed by atoms with van der Waals surface area (Å²) in [5.41, 5.74) is 2.26. The van der Waals surface area contributed by atoms with E-state index in [0.29, 0.717) is 0 Å². The van der Waals surface area contributed by atoms with Crippen molar-refractivity contribution in [2.45, 2.75) is 13.3 Å². The van der Waals surface area contributed by atoms with Gasteiger partial charge in [0.15, 0.2) is 0 Å². The first-order valence-electron chi connectivity index (χ1n) is 3.92. The van der Waals surface area contributed by atoms with E-state index in [1.165, 1.54) is 5.56 Å². The van der Waals surface area contributed by atoms with Crippen LogP contribution in [0, 0.1) is 0 Å². The average Bonchev–Trinajstić information content (AvgIpc) is 2.49. The van der Waals surface area contributed by atoms with Crippen LogP contribution in [0.1, 0.15) is 12.5 Å². The molecule has 0 aromatic carbocycles. The molecule has 2 aromatic heterocycles. The Morgan fingerprint density at radius 1 is 1.50 bits per heavy atom. The van der Waals surface area contributed by atoms with Gasteiger partial charge in [0.25, 0.3) is 0 Å². The SMILES string of the molecule is CCc1c[nH]c2cncc(Cl)c12. The van der Waals surface area contributed by atoms with Gasteiger partial charge >= 0.3 is 0 Å². The van der Waals surface area contributed by atoms with Crippen LogP contribution >= 0.6 is 11.6 Å². The van der Waals surface area contributed by atoms with Crippen molar-refractivity contribution in [1.29, 1.82) is 0 Å². The first-order chi connectivity index (χ1) is 5.83. The summed E-state index contributed by atoms with van der Waals surface area (Å²) in [5, 5.41) is 1.83. The van der Waals surface area contributed by atoms with Gasteiger partial charge in [0.05, 0.1) is 16.7 Å². The van der Waals surface area contributed by atoms with E-state index in [9.17, 15) is 0 Å². The first-order valence-corrected chi connectivity index (χ1v) is 4.30. The molecule has 0 saturated carbocycles. The number of aryl methyl sites for hydroxylation is 1. The second kappa shape index (κ2) is 2.79. The molecular weight excluding hydrogens is 172 g/mol. The van der Waals surface area contributed by atoms with Crippen LogP contribution in [-0.4, -0.2) is 9.97 Å². The Labute approximate surface area is 75.6 Å². The number of H-pyrrole nitrogens is 1. The van der Waals surface area contributed by atoms with Crippen molar-refractivity contribution in [3.8, 4) is 0 Å². The quantitative estimate of drug-likeness (QED) is 0.719. The third-order valence-electron chi connectivity index (χ3n) is 2.00. The number of aromatic nitrogens is 2. The fraction of sp³-hybridized carbons (Fsp3) is 0.222. The zero-order valence-corrected chi connectivity index (χ0v) is 7.52. The highest BCUT2D eigenvalue weighted by atomic mass is 35.5. The molecule has 62 valence electrons. The summed E-state index contributed by atoms with van der Waals surface area (Å²) < 4.78 is 0. The number of nitrogens with one attached hydrogen (secondary N) is 1. The fourth-order valence-corrected chi connectivity index (χ4v) is 1.67. The molecule has 0 unspecified atom stereocenters. The van der Waals surface area contributed by atoms with Gasteiger partial charge in [-0.3, -0.25) is 4.98 Å². The Morgan fingerprint density at radius 2 is 2.33 bits per heavy atom. The van der Waals surface area contributed by atoms with Crippen LogP contribution in [0.5, 0.6) is 0 Å². The number of rotatable bonds is 1. The summed E-state index contributed by atoms with van der Waals surface area (Å²) in [6.45, 7) is 2.11. The summed E-state index contributed by atoms with van der Waals surface area (Å²) in [5.74, 6) is 0. The summed E-state index contributed by atoms with van der Waals surface area (Å²) in [7, 11) is 0. The van der Waals surface area contributed by atoms with Crippen molar-refractivity contribution in [1.82, 2.24) is 9.97 Å². The Kier molecular flexibility index (Phi) is 1.77. The van der Waals surface area contributed by atoms with Crippen molar-refractivity contribution in [3.63, 3.8) is 0 Å². The molecule has 2 rings (SSSR count). The topological polar surface area (TPSA) is 28.7 Å². The smallest absolute Gasteiger partial charge is 0.0685 e. The number of hydrogen-bond donors (Lipinski definition) is 1. The van der Waals surface area contributed by atoms with Gasteiger partial charge in [-0.05, 0) is 12.0 Å². The van der Waals surface area contributed by atoms with Gasteiger partial charge in [-0.1, -0.05) is 18.5 Å². The lowest BCUT2D eigenvalue weighted by Crippen LogP contribution is -1.78. The maximum atomic E-state index is 6.00. The average molecular weight is 181 g/mol. The maximum Gasteiger partial charge on any atom is 0.0685 e. The molecular formula is C9H9ClN2. The predicted molar refractivity (Wildman–Crippen MR) is 50.5 cm³/mol. The molecule has 2 aromatic rings. The minimum absolute atomic E-state index is 0.727. The molecule has 0 saturated heterocycles. The number of hydrogen-bond acceptors (Lipinski definition) is 1. The molecule has 12 heavy (non-hydrogen) atoms. The highest BCUT2D eigenvalue weighted by molar-refractivity contribution is 6.35. The van der Waals surface area contributed by atoms with Gasteiger partial charge in [-0.15, -0.1) is 0 Å². The Balaban J connectivity index is 2.83. The van der Waals surface area contributed by atoms with Crippen LogP contribution in [0.25, 0.3) is 10.9 Å². The predicted octanol–water partition coefficient (Wildman–Crippen LogP) is 2.78. The molecule has 0 amide bonds. The molecule has 0 aliphatic rings. The zero-order chi connectivity index (χ0) is 8.55. The number of fused-ring (bicyclic) bond motifs is 1. The molecule has 0 radical (unpaired) electrons. The van der Waals surface area contributed by atoms with E-state index in [1.807, 2.05) is 6.20 Å². The summed E-state index contributed by atoms with van der Waals surface area (Å²) in [4.78, 5) is 7.13. The van der Waals surface area contributed by atoms with Gasteiger partial charge < -0.3 is 4.98 Å². The second-order valence-corrected chi connectivity index (χ2v) is 3.12. The van der Waals surface area contributed by atoms with Crippen LogP contribution in [0.15, 0.2) is 18.6 Å². The number of halogens is 1. The number of aromatic amines is 1. The van der Waals surface area contributed by atoms with Gasteiger partial charge in [0, 0.05) is 17.8 Å². The number of nitrogens with zero attached hydrogens (tertiary/aromatic N) is 1. The minimum Gasteiger partial charge on any atom is -0.360 e. The standard InChI is InChI=1S/C9H9ClN2/c1-2-6-3-12-8-5-11-4-7(10)9(6)8/h3-5,12H,2H2,1H3. The van der Waals surface area contributed by atoms with E-state index in [4.69, 9.17) is 11.6 Å². The van der Waals surface area contributed by atoms with Crippen LogP contribution in [0.4, 0.5) is 0 Å². The van der Waals surface area contributed by atoms with Crippen molar-refractivity contribution in [2.75, 3.05) is 0 Å². The molecule has 2 heterocycles. The highest BCUT2D eigenvalue weighted by Gasteiger charge is 2.04. The lowest BCUT2D eigenvalue weighted by Gasteiger charge is -1.95. The summed E-state index contributed by atoms with van der Waals surface area (Å²) >= 11 is 6.00. The zero-order valence-electron chi connectivity index (χ0n) is 6.76.